The Hall–Kier alpha value is -2.68. The van der Waals surface area contributed by atoms with Gasteiger partial charge in [-0.05, 0) is 65.1 Å². The van der Waals surface area contributed by atoms with E-state index in [1.807, 2.05) is 17.5 Å². The maximum Gasteiger partial charge on any atom is 0.319 e. The zero-order valence-corrected chi connectivity index (χ0v) is 19.4. The lowest BCUT2D eigenvalue weighted by Gasteiger charge is -2.29. The van der Waals surface area contributed by atoms with Gasteiger partial charge in [0.25, 0.3) is 5.91 Å². The minimum atomic E-state index is -0.288. The Morgan fingerprint density at radius 3 is 2.55 bits per heavy atom. The van der Waals surface area contributed by atoms with Crippen LogP contribution in [-0.2, 0) is 6.54 Å². The summed E-state index contributed by atoms with van der Waals surface area (Å²) in [6.45, 7) is 7.05. The fourth-order valence-electron chi connectivity index (χ4n) is 3.37. The number of nitrogens with one attached hydrogen (secondary N) is 3. The highest BCUT2D eigenvalue weighted by Gasteiger charge is 2.19. The second-order valence-electron chi connectivity index (χ2n) is 6.97. The number of hydrogen-bond acceptors (Lipinski definition) is 5. The van der Waals surface area contributed by atoms with Gasteiger partial charge in [-0.25, -0.2) is 4.79 Å². The first kappa shape index (κ1) is 23.0. The van der Waals surface area contributed by atoms with Gasteiger partial charge in [0.05, 0.1) is 12.6 Å². The van der Waals surface area contributed by atoms with Crippen LogP contribution >= 0.6 is 22.7 Å². The summed E-state index contributed by atoms with van der Waals surface area (Å²) in [5.41, 5.74) is 2.29. The van der Waals surface area contributed by atoms with Crippen molar-refractivity contribution in [3.63, 3.8) is 0 Å². The standard InChI is InChI=1S/C23H28N4O2S2/c1-3-27(4-2)21(18-10-12-30-16-18)15-25-23(29)26-19-8-5-7-17(13-19)22(28)24-14-20-9-6-11-31-20/h5-13,16,21H,3-4,14-15H2,1-2H3,(H,24,28)(H2,25,26,29). The summed E-state index contributed by atoms with van der Waals surface area (Å²) in [5, 5.41) is 14.9. The van der Waals surface area contributed by atoms with Crippen LogP contribution < -0.4 is 16.0 Å². The Labute approximate surface area is 191 Å². The number of carbonyl (C=O) groups is 2. The van der Waals surface area contributed by atoms with Gasteiger partial charge in [-0.2, -0.15) is 11.3 Å². The minimum absolute atomic E-state index is 0.126. The van der Waals surface area contributed by atoms with Crippen LogP contribution in [0.1, 0.15) is 40.7 Å². The average Bonchev–Trinajstić information content (AvgIpc) is 3.49. The van der Waals surface area contributed by atoms with E-state index in [9.17, 15) is 9.59 Å². The summed E-state index contributed by atoms with van der Waals surface area (Å²) in [6.07, 6.45) is 0. The van der Waals surface area contributed by atoms with Gasteiger partial charge in [-0.1, -0.05) is 26.0 Å². The third-order valence-electron chi connectivity index (χ3n) is 5.02. The molecule has 1 atom stereocenters. The molecule has 0 saturated heterocycles. The zero-order chi connectivity index (χ0) is 22.1. The first-order chi connectivity index (χ1) is 15.1. The van der Waals surface area contributed by atoms with E-state index < -0.39 is 0 Å². The van der Waals surface area contributed by atoms with Crippen molar-refractivity contribution in [2.24, 2.45) is 0 Å². The first-order valence-electron chi connectivity index (χ1n) is 10.3. The van der Waals surface area contributed by atoms with Crippen LogP contribution in [0.2, 0.25) is 0 Å². The van der Waals surface area contributed by atoms with Gasteiger partial charge in [0.15, 0.2) is 0 Å². The van der Waals surface area contributed by atoms with Gasteiger partial charge in [-0.15, -0.1) is 11.3 Å². The van der Waals surface area contributed by atoms with Crippen molar-refractivity contribution < 1.29 is 9.59 Å². The zero-order valence-electron chi connectivity index (χ0n) is 17.8. The van der Waals surface area contributed by atoms with Crippen molar-refractivity contribution in [3.8, 4) is 0 Å². The quantitative estimate of drug-likeness (QED) is 0.404. The molecule has 0 aliphatic heterocycles. The molecule has 164 valence electrons. The molecule has 0 saturated carbocycles. The minimum Gasteiger partial charge on any atom is -0.347 e. The molecule has 3 aromatic rings. The number of amides is 3. The van der Waals surface area contributed by atoms with E-state index in [1.54, 1.807) is 46.9 Å². The van der Waals surface area contributed by atoms with Crippen LogP contribution in [0.3, 0.4) is 0 Å². The molecule has 1 unspecified atom stereocenters. The normalized spacial score (nSPS) is 11.8. The van der Waals surface area contributed by atoms with E-state index in [1.165, 1.54) is 5.56 Å². The maximum absolute atomic E-state index is 12.5. The lowest BCUT2D eigenvalue weighted by atomic mass is 10.1. The molecule has 3 amide bonds. The number of benzene rings is 1. The van der Waals surface area contributed by atoms with E-state index in [0.29, 0.717) is 24.3 Å². The molecule has 0 fully saturated rings. The number of hydrogen-bond donors (Lipinski definition) is 3. The molecule has 2 heterocycles. The Morgan fingerprint density at radius 2 is 1.87 bits per heavy atom. The molecule has 0 aliphatic carbocycles. The van der Waals surface area contributed by atoms with Gasteiger partial charge >= 0.3 is 6.03 Å². The molecule has 0 radical (unpaired) electrons. The largest absolute Gasteiger partial charge is 0.347 e. The first-order valence-corrected chi connectivity index (χ1v) is 12.1. The molecular formula is C23H28N4O2S2. The van der Waals surface area contributed by atoms with Crippen LogP contribution in [-0.4, -0.2) is 36.5 Å². The third kappa shape index (κ3) is 6.65. The maximum atomic E-state index is 12.5. The van der Waals surface area contributed by atoms with Crippen molar-refractivity contribution in [2.75, 3.05) is 25.0 Å². The summed E-state index contributed by atoms with van der Waals surface area (Å²) in [7, 11) is 0. The van der Waals surface area contributed by atoms with E-state index in [4.69, 9.17) is 0 Å². The summed E-state index contributed by atoms with van der Waals surface area (Å²) in [4.78, 5) is 28.4. The van der Waals surface area contributed by atoms with Crippen LogP contribution in [0.15, 0.2) is 58.6 Å². The average molecular weight is 457 g/mol. The monoisotopic (exact) mass is 456 g/mol. The van der Waals surface area contributed by atoms with Crippen molar-refractivity contribution in [1.29, 1.82) is 0 Å². The lowest BCUT2D eigenvalue weighted by molar-refractivity contribution is 0.0951. The number of urea groups is 1. The molecule has 0 spiro atoms. The Balaban J connectivity index is 1.56. The molecule has 0 bridgehead atoms. The highest BCUT2D eigenvalue weighted by Crippen LogP contribution is 2.22. The van der Waals surface area contributed by atoms with Gasteiger partial charge in [0.2, 0.25) is 0 Å². The third-order valence-corrected chi connectivity index (χ3v) is 6.60. The summed E-state index contributed by atoms with van der Waals surface area (Å²) in [5.74, 6) is -0.170. The Bertz CT molecular complexity index is 954. The number of anilines is 1. The van der Waals surface area contributed by atoms with Gasteiger partial charge in [0, 0.05) is 22.7 Å². The fraction of sp³-hybridized carbons (Fsp3) is 0.304. The summed E-state index contributed by atoms with van der Waals surface area (Å²) >= 11 is 3.26. The van der Waals surface area contributed by atoms with Crippen LogP contribution in [0.5, 0.6) is 0 Å². The SMILES string of the molecule is CCN(CC)C(CNC(=O)Nc1cccc(C(=O)NCc2cccs2)c1)c1ccsc1. The smallest absolute Gasteiger partial charge is 0.319 e. The molecule has 0 aliphatic rings. The molecule has 6 nitrogen and oxygen atoms in total. The number of thiophene rings is 2. The molecule has 2 aromatic heterocycles. The number of nitrogens with zero attached hydrogens (tertiary/aromatic N) is 1. The fourth-order valence-corrected chi connectivity index (χ4v) is 4.72. The number of likely N-dealkylation sites (N-methyl/N-ethyl adjacent to an activating group) is 1. The number of rotatable bonds is 10. The van der Waals surface area contributed by atoms with E-state index >= 15 is 0 Å². The van der Waals surface area contributed by atoms with E-state index in [0.717, 1.165) is 18.0 Å². The van der Waals surface area contributed by atoms with Crippen LogP contribution in [0.4, 0.5) is 10.5 Å². The predicted octanol–water partition coefficient (Wildman–Crippen LogP) is 4.94. The summed E-state index contributed by atoms with van der Waals surface area (Å²) < 4.78 is 0. The van der Waals surface area contributed by atoms with Crippen molar-refractivity contribution in [3.05, 3.63) is 74.6 Å². The topological polar surface area (TPSA) is 73.5 Å². The Kier molecular flexibility index (Phi) is 8.63. The van der Waals surface area contributed by atoms with Crippen molar-refractivity contribution in [1.82, 2.24) is 15.5 Å². The van der Waals surface area contributed by atoms with Crippen LogP contribution in [0, 0.1) is 0 Å². The predicted molar refractivity (Wildman–Crippen MR) is 129 cm³/mol. The molecule has 3 N–H and O–H groups in total. The van der Waals surface area contributed by atoms with Crippen molar-refractivity contribution >= 4 is 40.3 Å². The molecule has 3 rings (SSSR count). The Morgan fingerprint density at radius 1 is 1.03 bits per heavy atom. The number of carbonyl (C=O) groups excluding carboxylic acids is 2. The van der Waals surface area contributed by atoms with Crippen LogP contribution in [0.25, 0.3) is 0 Å². The second-order valence-corrected chi connectivity index (χ2v) is 8.78. The van der Waals surface area contributed by atoms with E-state index in [2.05, 4.69) is 51.5 Å². The van der Waals surface area contributed by atoms with Gasteiger partial charge in [-0.3, -0.25) is 9.69 Å². The summed E-state index contributed by atoms with van der Waals surface area (Å²) in [6, 6.07) is 12.8. The van der Waals surface area contributed by atoms with Gasteiger partial charge < -0.3 is 16.0 Å². The highest BCUT2D eigenvalue weighted by atomic mass is 32.1. The van der Waals surface area contributed by atoms with E-state index in [-0.39, 0.29) is 18.0 Å². The molecule has 31 heavy (non-hydrogen) atoms. The molecule has 8 heteroatoms. The lowest BCUT2D eigenvalue weighted by Crippen LogP contribution is -2.39. The van der Waals surface area contributed by atoms with Crippen molar-refractivity contribution in [2.45, 2.75) is 26.4 Å². The second kappa shape index (κ2) is 11.6. The van der Waals surface area contributed by atoms with Gasteiger partial charge in [0.1, 0.15) is 0 Å². The molecular weight excluding hydrogens is 428 g/mol. The molecule has 1 aromatic carbocycles. The highest BCUT2D eigenvalue weighted by molar-refractivity contribution is 7.09.